The van der Waals surface area contributed by atoms with Gasteiger partial charge < -0.3 is 34.9 Å². The number of amides is 4. The fourth-order valence-electron chi connectivity index (χ4n) is 7.31. The molecule has 2 aliphatic heterocycles. The third-order valence-electron chi connectivity index (χ3n) is 10.1. The summed E-state index contributed by atoms with van der Waals surface area (Å²) >= 11 is 0. The van der Waals surface area contributed by atoms with E-state index in [1.54, 1.807) is 17.2 Å². The molecule has 0 aliphatic carbocycles. The summed E-state index contributed by atoms with van der Waals surface area (Å²) in [5.41, 5.74) is 3.19. The minimum atomic E-state index is -0.745. The molecular weight excluding hydrogens is 781 g/mol. The molecule has 3 N–H and O–H groups in total. The quantitative estimate of drug-likeness (QED) is 0.164. The Balaban J connectivity index is 0.00000290. The molecule has 3 atom stereocenters. The minimum Gasteiger partial charge on any atom is -0.453 e. The van der Waals surface area contributed by atoms with Gasteiger partial charge in [0.25, 0.3) is 5.91 Å². The summed E-state index contributed by atoms with van der Waals surface area (Å²) in [7, 11) is 1.29. The van der Waals surface area contributed by atoms with Crippen molar-refractivity contribution in [3.63, 3.8) is 0 Å². The van der Waals surface area contributed by atoms with E-state index in [1.807, 2.05) is 70.7 Å². The molecule has 2 fully saturated rings. The third-order valence-corrected chi connectivity index (χ3v) is 10.1. The van der Waals surface area contributed by atoms with Crippen LogP contribution in [0.4, 0.5) is 9.59 Å². The summed E-state index contributed by atoms with van der Waals surface area (Å²) in [6.45, 7) is 12.9. The van der Waals surface area contributed by atoms with Gasteiger partial charge in [0.05, 0.1) is 31.1 Å². The average molecular weight is 839 g/mol. The third kappa shape index (κ3) is 11.2. The number of aromatic amines is 1. The molecule has 15 heteroatoms. The van der Waals surface area contributed by atoms with Crippen LogP contribution in [0.1, 0.15) is 89.4 Å². The van der Waals surface area contributed by atoms with Crippen LogP contribution < -0.4 is 10.6 Å². The predicted molar refractivity (Wildman–Crippen MR) is 239 cm³/mol. The molecule has 0 spiro atoms. The Morgan fingerprint density at radius 2 is 1.47 bits per heavy atom. The number of hydrogen-bond acceptors (Lipinski definition) is 7. The van der Waals surface area contributed by atoms with Gasteiger partial charge in [0.2, 0.25) is 5.91 Å². The molecule has 310 valence electrons. The van der Waals surface area contributed by atoms with E-state index < -0.39 is 23.2 Å². The second-order valence-electron chi connectivity index (χ2n) is 16.3. The van der Waals surface area contributed by atoms with Crippen LogP contribution in [0.5, 0.6) is 0 Å². The highest BCUT2D eigenvalue weighted by atomic mass is 32.1. The lowest BCUT2D eigenvalue weighted by Gasteiger charge is -2.35. The van der Waals surface area contributed by atoms with Crippen LogP contribution in [0.3, 0.4) is 0 Å². The first kappa shape index (κ1) is 47.0. The van der Waals surface area contributed by atoms with Crippen molar-refractivity contribution in [2.75, 3.05) is 26.7 Å². The first-order valence-corrected chi connectivity index (χ1v) is 18.7. The molecule has 2 saturated heterocycles. The van der Waals surface area contributed by atoms with E-state index in [-0.39, 0.29) is 70.5 Å². The number of nitrogens with one attached hydrogen (secondary N) is 3. The fourth-order valence-corrected chi connectivity index (χ4v) is 7.31. The molecule has 3 aromatic carbocycles. The Bertz CT molecular complexity index is 2040. The fraction of sp³-hybridized carbons (Fsp3) is 0.452. The number of ether oxygens (including phenoxy) is 2. The number of likely N-dealkylation sites (tertiary alicyclic amines) is 2. The number of fused-ring (bicyclic) bond motifs is 1. The van der Waals surface area contributed by atoms with E-state index in [0.29, 0.717) is 31.0 Å². The zero-order chi connectivity index (χ0) is 38.8. The summed E-state index contributed by atoms with van der Waals surface area (Å²) in [6.07, 6.45) is 4.12. The molecule has 0 bridgehead atoms. The van der Waals surface area contributed by atoms with Crippen molar-refractivity contribution in [3.8, 4) is 22.4 Å². The maximum absolute atomic E-state index is 13.8. The molecule has 1 aromatic heterocycles. The lowest BCUT2D eigenvalue weighted by molar-refractivity contribution is -0.137. The number of H-pyrrole nitrogens is 1. The lowest BCUT2D eigenvalue weighted by Crippen LogP contribution is -2.54. The molecule has 57 heavy (non-hydrogen) atoms. The molecule has 6 rings (SSSR count). The van der Waals surface area contributed by atoms with Crippen LogP contribution in [-0.4, -0.2) is 88.2 Å². The van der Waals surface area contributed by atoms with Crippen LogP contribution in [0, 0.1) is 5.41 Å². The molecular formula is C42H58N6O6S3. The van der Waals surface area contributed by atoms with Gasteiger partial charge in [-0.25, -0.2) is 14.6 Å². The van der Waals surface area contributed by atoms with Gasteiger partial charge in [0, 0.05) is 30.8 Å². The zero-order valence-electron chi connectivity index (χ0n) is 33.8. The summed E-state index contributed by atoms with van der Waals surface area (Å²) in [5, 5.41) is 7.86. The van der Waals surface area contributed by atoms with Crippen LogP contribution in [0.25, 0.3) is 33.2 Å². The van der Waals surface area contributed by atoms with Crippen molar-refractivity contribution >= 4 is 75.3 Å². The van der Waals surface area contributed by atoms with Gasteiger partial charge in [0.1, 0.15) is 17.5 Å². The van der Waals surface area contributed by atoms with E-state index in [4.69, 9.17) is 14.5 Å². The standard InChI is InChI=1S/C42H52N6O6.3H2S/c1-41(2,3)35(46-39(51)53-7)38(50)48-20-10-14-34(48)36-43-25-33(45-36)30-18-17-28-21-27(15-16-29(28)22-30)26-11-8-12-31(23-26)37(49)44-24-32-13-9-19-47(32)40(52)54-42(4,5)6;;;/h8,11-12,15-18,21-23,25,32,34-35H,9-10,13-14,19-20,24H2,1-7H3,(H,43,45)(H,44,49)(H,46,51);3*1H2/t32-,34-,35+;;;/m0.../s1. The zero-order valence-corrected chi connectivity index (χ0v) is 36.8. The number of nitrogens with zero attached hydrogens (tertiary/aromatic N) is 3. The highest BCUT2D eigenvalue weighted by molar-refractivity contribution is 7.59. The van der Waals surface area contributed by atoms with Crippen LogP contribution in [0.2, 0.25) is 0 Å². The van der Waals surface area contributed by atoms with E-state index in [2.05, 4.69) is 45.9 Å². The highest BCUT2D eigenvalue weighted by Crippen LogP contribution is 2.35. The van der Waals surface area contributed by atoms with Crippen molar-refractivity contribution in [2.24, 2.45) is 5.41 Å². The molecule has 0 radical (unpaired) electrons. The Hall–Kier alpha value is -4.34. The first-order chi connectivity index (χ1) is 25.6. The van der Waals surface area contributed by atoms with Crippen molar-refractivity contribution < 1.29 is 28.7 Å². The average Bonchev–Trinajstić information content (AvgIpc) is 3.92. The van der Waals surface area contributed by atoms with Crippen molar-refractivity contribution in [1.29, 1.82) is 0 Å². The van der Waals surface area contributed by atoms with Gasteiger partial charge in [-0.05, 0) is 98.0 Å². The normalized spacial score (nSPS) is 17.1. The molecule has 3 heterocycles. The molecule has 0 saturated carbocycles. The Morgan fingerprint density at radius 1 is 0.842 bits per heavy atom. The van der Waals surface area contributed by atoms with E-state index in [0.717, 1.165) is 58.8 Å². The largest absolute Gasteiger partial charge is 0.453 e. The second-order valence-corrected chi connectivity index (χ2v) is 16.3. The van der Waals surface area contributed by atoms with E-state index in [9.17, 15) is 19.2 Å². The molecule has 12 nitrogen and oxygen atoms in total. The van der Waals surface area contributed by atoms with Gasteiger partial charge in [-0.15, -0.1) is 0 Å². The summed E-state index contributed by atoms with van der Waals surface area (Å²) in [5.74, 6) is 0.371. The van der Waals surface area contributed by atoms with E-state index in [1.165, 1.54) is 7.11 Å². The number of alkyl carbamates (subject to hydrolysis) is 1. The minimum absolute atomic E-state index is 0. The van der Waals surface area contributed by atoms with Gasteiger partial charge in [0.15, 0.2) is 0 Å². The maximum Gasteiger partial charge on any atom is 0.410 e. The number of aromatic nitrogens is 2. The SMILES string of the molecule is COC(=O)N[C@H](C(=O)N1CCC[C@H]1c1ncc(-c2ccc3cc(-c4cccc(C(=O)NC[C@@H]5CCCN5C(=O)OC(C)(C)C)c4)ccc3c2)[nH]1)C(C)(C)C.S.S.S. The van der Waals surface area contributed by atoms with E-state index >= 15 is 0 Å². The van der Waals surface area contributed by atoms with Crippen LogP contribution in [-0.2, 0) is 14.3 Å². The van der Waals surface area contributed by atoms with Crippen molar-refractivity contribution in [3.05, 3.63) is 78.2 Å². The Labute approximate surface area is 356 Å². The number of rotatable bonds is 8. The smallest absolute Gasteiger partial charge is 0.410 e. The monoisotopic (exact) mass is 838 g/mol. The summed E-state index contributed by atoms with van der Waals surface area (Å²) in [6, 6.07) is 18.9. The molecule has 2 aliphatic rings. The Kier molecular flexibility index (Phi) is 16.0. The van der Waals surface area contributed by atoms with Gasteiger partial charge in [-0.1, -0.05) is 57.2 Å². The molecule has 0 unspecified atom stereocenters. The predicted octanol–water partition coefficient (Wildman–Crippen LogP) is 7.80. The number of carbonyl (C=O) groups is 4. The van der Waals surface area contributed by atoms with Gasteiger partial charge in [-0.3, -0.25) is 9.59 Å². The van der Waals surface area contributed by atoms with Crippen LogP contribution >= 0.6 is 40.5 Å². The summed E-state index contributed by atoms with van der Waals surface area (Å²) < 4.78 is 10.4. The number of hydrogen-bond donors (Lipinski definition) is 3. The van der Waals surface area contributed by atoms with Crippen LogP contribution in [0.15, 0.2) is 66.9 Å². The number of carbonyl (C=O) groups excluding carboxylic acids is 4. The topological polar surface area (TPSA) is 146 Å². The lowest BCUT2D eigenvalue weighted by atomic mass is 9.85. The summed E-state index contributed by atoms with van der Waals surface area (Å²) in [4.78, 5) is 63.5. The maximum atomic E-state index is 13.8. The second kappa shape index (κ2) is 19.4. The number of benzene rings is 3. The first-order valence-electron chi connectivity index (χ1n) is 18.7. The Morgan fingerprint density at radius 3 is 2.14 bits per heavy atom. The van der Waals surface area contributed by atoms with Gasteiger partial charge in [-0.2, -0.15) is 40.5 Å². The molecule has 4 amide bonds. The molecule has 4 aromatic rings. The van der Waals surface area contributed by atoms with Crippen molar-refractivity contribution in [1.82, 2.24) is 30.4 Å². The number of imidazole rings is 1. The highest BCUT2D eigenvalue weighted by Gasteiger charge is 2.41. The van der Waals surface area contributed by atoms with Gasteiger partial charge >= 0.3 is 12.2 Å². The van der Waals surface area contributed by atoms with Crippen molar-refractivity contribution in [2.45, 2.75) is 91.0 Å². The number of methoxy groups -OCH3 is 1.